The number of aryl methyl sites for hydroxylation is 2. The number of nitrogens with one attached hydrogen (secondary N) is 1. The molecule has 4 rings (SSSR count). The highest BCUT2D eigenvalue weighted by Gasteiger charge is 2.40. The summed E-state index contributed by atoms with van der Waals surface area (Å²) < 4.78 is 27.5. The van der Waals surface area contributed by atoms with Crippen LogP contribution >= 0.6 is 0 Å². The highest BCUT2D eigenvalue weighted by Crippen LogP contribution is 2.43. The predicted molar refractivity (Wildman–Crippen MR) is 108 cm³/mol. The third kappa shape index (κ3) is 2.77. The molecule has 1 aliphatic rings. The van der Waals surface area contributed by atoms with Crippen molar-refractivity contribution in [2.24, 2.45) is 0 Å². The van der Waals surface area contributed by atoms with Gasteiger partial charge in [-0.2, -0.15) is 0 Å². The van der Waals surface area contributed by atoms with Gasteiger partial charge in [0.2, 0.25) is 5.91 Å². The van der Waals surface area contributed by atoms with Crippen LogP contribution in [0.25, 0.3) is 10.8 Å². The summed E-state index contributed by atoms with van der Waals surface area (Å²) in [7, 11) is -3.78. The fourth-order valence-electron chi connectivity index (χ4n) is 3.74. The number of rotatable bonds is 3. The Labute approximate surface area is 158 Å². The number of sulfonamides is 1. The maximum Gasteiger partial charge on any atom is 0.265 e. The maximum atomic E-state index is 13.1. The van der Waals surface area contributed by atoms with Gasteiger partial charge in [-0.05, 0) is 61.5 Å². The van der Waals surface area contributed by atoms with Crippen LogP contribution in [0.5, 0.6) is 0 Å². The molecule has 0 unspecified atom stereocenters. The zero-order valence-corrected chi connectivity index (χ0v) is 16.2. The van der Waals surface area contributed by atoms with Crippen molar-refractivity contribution in [2.75, 3.05) is 9.62 Å². The molecule has 0 aliphatic carbocycles. The molecule has 1 N–H and O–H groups in total. The molecule has 27 heavy (non-hydrogen) atoms. The van der Waals surface area contributed by atoms with Crippen molar-refractivity contribution in [3.05, 3.63) is 65.7 Å². The summed E-state index contributed by atoms with van der Waals surface area (Å²) in [6.07, 6.45) is 0. The Morgan fingerprint density at radius 1 is 1.00 bits per heavy atom. The molecule has 3 aromatic carbocycles. The number of anilines is 2. The topological polar surface area (TPSA) is 66.5 Å². The zero-order valence-electron chi connectivity index (χ0n) is 15.4. The maximum absolute atomic E-state index is 13.1. The third-order valence-corrected chi connectivity index (χ3v) is 6.77. The molecule has 0 saturated heterocycles. The molecule has 1 amide bonds. The van der Waals surface area contributed by atoms with E-state index in [9.17, 15) is 13.2 Å². The van der Waals surface area contributed by atoms with Crippen molar-refractivity contribution < 1.29 is 13.2 Å². The number of hydrogen-bond donors (Lipinski definition) is 1. The van der Waals surface area contributed by atoms with Gasteiger partial charge in [-0.1, -0.05) is 30.3 Å². The van der Waals surface area contributed by atoms with Gasteiger partial charge in [0.15, 0.2) is 0 Å². The standard InChI is InChI=1S/C21H20N2O3S/c1-13-10-14(2)12-17(11-13)22-21(24)15(3)23-18-8-4-6-16-7-5-9-19(20(16)18)27(23,25)26/h4-12,15H,1-3H3,(H,22,24)/t15-/m0/s1. The molecule has 0 saturated carbocycles. The lowest BCUT2D eigenvalue weighted by molar-refractivity contribution is -0.116. The zero-order chi connectivity index (χ0) is 19.3. The largest absolute Gasteiger partial charge is 0.324 e. The molecular weight excluding hydrogens is 360 g/mol. The summed E-state index contributed by atoms with van der Waals surface area (Å²) in [5.41, 5.74) is 3.27. The Kier molecular flexibility index (Phi) is 3.96. The van der Waals surface area contributed by atoms with Crippen LogP contribution in [0.2, 0.25) is 0 Å². The molecule has 0 bridgehead atoms. The summed E-state index contributed by atoms with van der Waals surface area (Å²) >= 11 is 0. The Morgan fingerprint density at radius 3 is 2.30 bits per heavy atom. The minimum Gasteiger partial charge on any atom is -0.324 e. The van der Waals surface area contributed by atoms with Crippen molar-refractivity contribution in [3.63, 3.8) is 0 Å². The first-order valence-corrected chi connectivity index (χ1v) is 10.2. The van der Waals surface area contributed by atoms with Gasteiger partial charge >= 0.3 is 0 Å². The number of amides is 1. The van der Waals surface area contributed by atoms with Crippen LogP contribution in [0, 0.1) is 13.8 Å². The van der Waals surface area contributed by atoms with Crippen LogP contribution in [-0.2, 0) is 14.8 Å². The van der Waals surface area contributed by atoms with Crippen LogP contribution in [-0.4, -0.2) is 20.4 Å². The van der Waals surface area contributed by atoms with E-state index in [-0.39, 0.29) is 10.8 Å². The van der Waals surface area contributed by atoms with E-state index < -0.39 is 16.1 Å². The number of carbonyl (C=O) groups is 1. The van der Waals surface area contributed by atoms with E-state index in [1.807, 2.05) is 50.2 Å². The third-order valence-electron chi connectivity index (χ3n) is 4.84. The van der Waals surface area contributed by atoms with Gasteiger partial charge < -0.3 is 5.32 Å². The molecule has 0 aromatic heterocycles. The van der Waals surface area contributed by atoms with Gasteiger partial charge in [-0.15, -0.1) is 0 Å². The number of nitrogens with zero attached hydrogens (tertiary/aromatic N) is 1. The lowest BCUT2D eigenvalue weighted by Gasteiger charge is -2.25. The fourth-order valence-corrected chi connectivity index (χ4v) is 5.60. The molecule has 6 heteroatoms. The van der Waals surface area contributed by atoms with Gasteiger partial charge in [0.05, 0.1) is 10.6 Å². The van der Waals surface area contributed by atoms with E-state index in [1.165, 1.54) is 4.31 Å². The molecule has 1 heterocycles. The summed E-state index contributed by atoms with van der Waals surface area (Å²) in [6, 6.07) is 15.5. The molecule has 0 fully saturated rings. The number of hydrogen-bond acceptors (Lipinski definition) is 3. The van der Waals surface area contributed by atoms with Gasteiger partial charge in [0.25, 0.3) is 10.0 Å². The van der Waals surface area contributed by atoms with Gasteiger partial charge in [-0.3, -0.25) is 9.10 Å². The molecule has 5 nitrogen and oxygen atoms in total. The van der Waals surface area contributed by atoms with Crippen LogP contribution in [0.3, 0.4) is 0 Å². The van der Waals surface area contributed by atoms with Crippen molar-refractivity contribution in [2.45, 2.75) is 31.7 Å². The summed E-state index contributed by atoms with van der Waals surface area (Å²) in [5.74, 6) is -0.367. The van der Waals surface area contributed by atoms with Crippen molar-refractivity contribution in [1.82, 2.24) is 0 Å². The summed E-state index contributed by atoms with van der Waals surface area (Å²) in [5, 5.41) is 4.37. The quantitative estimate of drug-likeness (QED) is 0.747. The first-order valence-electron chi connectivity index (χ1n) is 8.74. The summed E-state index contributed by atoms with van der Waals surface area (Å²) in [4.78, 5) is 13.1. The van der Waals surface area contributed by atoms with E-state index in [1.54, 1.807) is 25.1 Å². The van der Waals surface area contributed by atoms with Gasteiger partial charge in [0, 0.05) is 11.1 Å². The average Bonchev–Trinajstić information content (AvgIpc) is 2.82. The fraction of sp³-hybridized carbons (Fsp3) is 0.190. The monoisotopic (exact) mass is 380 g/mol. The Hall–Kier alpha value is -2.86. The molecule has 0 radical (unpaired) electrons. The minimum atomic E-state index is -3.78. The van der Waals surface area contributed by atoms with Crippen molar-refractivity contribution in [1.29, 1.82) is 0 Å². The first kappa shape index (κ1) is 17.5. The number of benzene rings is 3. The minimum absolute atomic E-state index is 0.252. The SMILES string of the molecule is Cc1cc(C)cc(NC(=O)[C@H](C)N2c3cccc4cccc(c34)S2(=O)=O)c1. The number of carbonyl (C=O) groups excluding carboxylic acids is 1. The molecule has 1 atom stereocenters. The lowest BCUT2D eigenvalue weighted by atomic mass is 10.1. The summed E-state index contributed by atoms with van der Waals surface area (Å²) in [6.45, 7) is 5.52. The van der Waals surface area contributed by atoms with Gasteiger partial charge in [0.1, 0.15) is 6.04 Å². The van der Waals surface area contributed by atoms with Crippen LogP contribution in [0.15, 0.2) is 59.5 Å². The van der Waals surface area contributed by atoms with E-state index in [2.05, 4.69) is 5.32 Å². The average molecular weight is 380 g/mol. The van der Waals surface area contributed by atoms with Crippen molar-refractivity contribution >= 4 is 38.1 Å². The first-order chi connectivity index (χ1) is 12.8. The van der Waals surface area contributed by atoms with E-state index in [4.69, 9.17) is 0 Å². The molecule has 1 aliphatic heterocycles. The Bertz CT molecular complexity index is 1160. The molecule has 138 valence electrons. The highest BCUT2D eigenvalue weighted by atomic mass is 32.2. The Morgan fingerprint density at radius 2 is 1.63 bits per heavy atom. The molecular formula is C21H20N2O3S. The lowest BCUT2D eigenvalue weighted by Crippen LogP contribution is -2.44. The second kappa shape index (κ2) is 6.09. The smallest absolute Gasteiger partial charge is 0.265 e. The normalized spacial score (nSPS) is 15.7. The second-order valence-electron chi connectivity index (χ2n) is 6.97. The van der Waals surface area contributed by atoms with Gasteiger partial charge in [-0.25, -0.2) is 8.42 Å². The highest BCUT2D eigenvalue weighted by molar-refractivity contribution is 7.93. The van der Waals surface area contributed by atoms with Crippen molar-refractivity contribution in [3.8, 4) is 0 Å². The van der Waals surface area contributed by atoms with E-state index in [0.717, 1.165) is 16.5 Å². The van der Waals surface area contributed by atoms with Crippen LogP contribution in [0.1, 0.15) is 18.1 Å². The van der Waals surface area contributed by atoms with E-state index >= 15 is 0 Å². The second-order valence-corrected chi connectivity index (χ2v) is 8.76. The molecule has 0 spiro atoms. The predicted octanol–water partition coefficient (Wildman–Crippen LogP) is 3.99. The Balaban J connectivity index is 1.73. The van der Waals surface area contributed by atoms with Crippen LogP contribution in [0.4, 0.5) is 11.4 Å². The van der Waals surface area contributed by atoms with Crippen LogP contribution < -0.4 is 9.62 Å². The van der Waals surface area contributed by atoms with E-state index in [0.29, 0.717) is 16.8 Å². The molecule has 3 aromatic rings.